The number of unbranched alkanes of at least 4 members (excludes halogenated alkanes) is 1. The molecule has 0 aliphatic rings. The number of esters is 1. The quantitative estimate of drug-likeness (QED) is 0.544. The van der Waals surface area contributed by atoms with Crippen molar-refractivity contribution in [3.05, 3.63) is 18.1 Å². The number of anilines is 1. The fraction of sp³-hybridized carbons (Fsp3) is 0.615. The first kappa shape index (κ1) is 15.4. The first-order chi connectivity index (χ1) is 9.29. The zero-order valence-corrected chi connectivity index (χ0v) is 11.5. The summed E-state index contributed by atoms with van der Waals surface area (Å²) in [5.74, 6) is 0.0534. The Bertz CT molecular complexity index is 385. The molecule has 1 heterocycles. The highest BCUT2D eigenvalue weighted by molar-refractivity contribution is 5.94. The molecule has 6 nitrogen and oxygen atoms in total. The van der Waals surface area contributed by atoms with Gasteiger partial charge in [-0.15, -0.1) is 0 Å². The standard InChI is InChI=1S/C13H21N3O3/c1-3-4-7-19-8-5-6-15-12-11(13(17)18-2)9-14-10-16-12/h9-10H,3-8H2,1-2H3,(H,14,15,16). The van der Waals surface area contributed by atoms with E-state index in [-0.39, 0.29) is 0 Å². The smallest absolute Gasteiger partial charge is 0.343 e. The van der Waals surface area contributed by atoms with E-state index in [4.69, 9.17) is 4.74 Å². The maximum atomic E-state index is 11.5. The molecule has 0 atom stereocenters. The zero-order valence-electron chi connectivity index (χ0n) is 11.5. The van der Waals surface area contributed by atoms with Crippen LogP contribution in [0, 0.1) is 0 Å². The first-order valence-electron chi connectivity index (χ1n) is 6.49. The van der Waals surface area contributed by atoms with Gasteiger partial charge in [0.2, 0.25) is 0 Å². The Morgan fingerprint density at radius 2 is 2.16 bits per heavy atom. The summed E-state index contributed by atoms with van der Waals surface area (Å²) < 4.78 is 10.1. The minimum atomic E-state index is -0.442. The zero-order chi connectivity index (χ0) is 13.9. The highest BCUT2D eigenvalue weighted by atomic mass is 16.5. The summed E-state index contributed by atoms with van der Waals surface area (Å²) in [6.07, 6.45) is 5.92. The normalized spacial score (nSPS) is 10.2. The topological polar surface area (TPSA) is 73.3 Å². The van der Waals surface area contributed by atoms with Crippen LogP contribution >= 0.6 is 0 Å². The van der Waals surface area contributed by atoms with Crippen LogP contribution in [-0.2, 0) is 9.47 Å². The van der Waals surface area contributed by atoms with Crippen molar-refractivity contribution in [3.63, 3.8) is 0 Å². The Morgan fingerprint density at radius 3 is 2.89 bits per heavy atom. The number of carbonyl (C=O) groups excluding carboxylic acids is 1. The van der Waals surface area contributed by atoms with E-state index < -0.39 is 5.97 Å². The van der Waals surface area contributed by atoms with Crippen molar-refractivity contribution in [1.82, 2.24) is 9.97 Å². The van der Waals surface area contributed by atoms with E-state index in [1.165, 1.54) is 19.6 Å². The van der Waals surface area contributed by atoms with Gasteiger partial charge in [-0.2, -0.15) is 0 Å². The lowest BCUT2D eigenvalue weighted by atomic mass is 10.3. The van der Waals surface area contributed by atoms with Crippen LogP contribution in [0.2, 0.25) is 0 Å². The van der Waals surface area contributed by atoms with Gasteiger partial charge in [0.05, 0.1) is 7.11 Å². The lowest BCUT2D eigenvalue weighted by molar-refractivity contribution is 0.0601. The summed E-state index contributed by atoms with van der Waals surface area (Å²) in [5.41, 5.74) is 0.344. The van der Waals surface area contributed by atoms with Crippen LogP contribution in [0.15, 0.2) is 12.5 Å². The molecule has 0 spiro atoms. The molecule has 1 aromatic heterocycles. The van der Waals surface area contributed by atoms with Crippen LogP contribution in [0.3, 0.4) is 0 Å². The molecule has 0 aliphatic heterocycles. The molecule has 0 unspecified atom stereocenters. The van der Waals surface area contributed by atoms with Crippen LogP contribution in [0.4, 0.5) is 5.82 Å². The Kier molecular flexibility index (Phi) is 7.50. The van der Waals surface area contributed by atoms with Crippen molar-refractivity contribution >= 4 is 11.8 Å². The van der Waals surface area contributed by atoms with Crippen molar-refractivity contribution in [2.45, 2.75) is 26.2 Å². The van der Waals surface area contributed by atoms with E-state index in [1.54, 1.807) is 0 Å². The molecule has 6 heteroatoms. The number of nitrogens with one attached hydrogen (secondary N) is 1. The third kappa shape index (κ3) is 5.65. The number of hydrogen-bond acceptors (Lipinski definition) is 6. The van der Waals surface area contributed by atoms with Crippen LogP contribution in [0.25, 0.3) is 0 Å². The van der Waals surface area contributed by atoms with E-state index in [0.717, 1.165) is 25.9 Å². The molecule has 1 aromatic rings. The van der Waals surface area contributed by atoms with Crippen molar-refractivity contribution < 1.29 is 14.3 Å². The van der Waals surface area contributed by atoms with E-state index in [0.29, 0.717) is 24.5 Å². The van der Waals surface area contributed by atoms with Gasteiger partial charge in [-0.1, -0.05) is 13.3 Å². The van der Waals surface area contributed by atoms with Crippen LogP contribution < -0.4 is 5.32 Å². The molecule has 0 radical (unpaired) electrons. The van der Waals surface area contributed by atoms with Gasteiger partial charge in [0.25, 0.3) is 0 Å². The van der Waals surface area contributed by atoms with E-state index in [2.05, 4.69) is 26.9 Å². The van der Waals surface area contributed by atoms with Gasteiger partial charge >= 0.3 is 5.97 Å². The molecular formula is C13H21N3O3. The molecule has 0 saturated heterocycles. The number of ether oxygens (including phenoxy) is 2. The molecule has 0 amide bonds. The highest BCUT2D eigenvalue weighted by Crippen LogP contribution is 2.10. The number of methoxy groups -OCH3 is 1. The maximum Gasteiger partial charge on any atom is 0.343 e. The van der Waals surface area contributed by atoms with Gasteiger partial charge in [0.15, 0.2) is 0 Å². The van der Waals surface area contributed by atoms with Crippen LogP contribution in [0.5, 0.6) is 0 Å². The van der Waals surface area contributed by atoms with Crippen LogP contribution in [0.1, 0.15) is 36.5 Å². The molecule has 1 rings (SSSR count). The summed E-state index contributed by atoms with van der Waals surface area (Å²) in [4.78, 5) is 19.3. The predicted molar refractivity (Wildman–Crippen MR) is 72.2 cm³/mol. The number of aromatic nitrogens is 2. The SMILES string of the molecule is CCCCOCCCNc1ncncc1C(=O)OC. The minimum Gasteiger partial charge on any atom is -0.465 e. The summed E-state index contributed by atoms with van der Waals surface area (Å²) in [7, 11) is 1.33. The average Bonchev–Trinajstić information content (AvgIpc) is 2.46. The first-order valence-corrected chi connectivity index (χ1v) is 6.49. The summed E-state index contributed by atoms with van der Waals surface area (Å²) in [6, 6.07) is 0. The summed E-state index contributed by atoms with van der Waals surface area (Å²) in [5, 5.41) is 3.09. The highest BCUT2D eigenvalue weighted by Gasteiger charge is 2.12. The Balaban J connectivity index is 2.31. The second-order valence-corrected chi connectivity index (χ2v) is 4.02. The molecule has 19 heavy (non-hydrogen) atoms. The van der Waals surface area contributed by atoms with Gasteiger partial charge in [0, 0.05) is 26.0 Å². The third-order valence-electron chi connectivity index (χ3n) is 2.52. The van der Waals surface area contributed by atoms with Crippen LogP contribution in [-0.4, -0.2) is 42.8 Å². The fourth-order valence-corrected chi connectivity index (χ4v) is 1.46. The second kappa shape index (κ2) is 9.27. The average molecular weight is 267 g/mol. The number of hydrogen-bond donors (Lipinski definition) is 1. The van der Waals surface area contributed by atoms with Gasteiger partial charge in [-0.3, -0.25) is 0 Å². The second-order valence-electron chi connectivity index (χ2n) is 4.02. The molecular weight excluding hydrogens is 246 g/mol. The monoisotopic (exact) mass is 267 g/mol. The number of carbonyl (C=O) groups is 1. The van der Waals surface area contributed by atoms with Crippen molar-refractivity contribution in [1.29, 1.82) is 0 Å². The third-order valence-corrected chi connectivity index (χ3v) is 2.52. The van der Waals surface area contributed by atoms with Gasteiger partial charge in [-0.25, -0.2) is 14.8 Å². The molecule has 0 aliphatic carbocycles. The lowest BCUT2D eigenvalue weighted by Crippen LogP contribution is -2.12. The molecule has 0 aromatic carbocycles. The van der Waals surface area contributed by atoms with Gasteiger partial charge in [-0.05, 0) is 12.8 Å². The van der Waals surface area contributed by atoms with Crippen molar-refractivity contribution in [2.75, 3.05) is 32.2 Å². The van der Waals surface area contributed by atoms with E-state index in [1.807, 2.05) is 0 Å². The molecule has 106 valence electrons. The Hall–Kier alpha value is -1.69. The summed E-state index contributed by atoms with van der Waals surface area (Å²) >= 11 is 0. The van der Waals surface area contributed by atoms with Gasteiger partial charge < -0.3 is 14.8 Å². The minimum absolute atomic E-state index is 0.344. The van der Waals surface area contributed by atoms with E-state index in [9.17, 15) is 4.79 Å². The fourth-order valence-electron chi connectivity index (χ4n) is 1.46. The van der Waals surface area contributed by atoms with E-state index >= 15 is 0 Å². The maximum absolute atomic E-state index is 11.5. The number of nitrogens with zero attached hydrogens (tertiary/aromatic N) is 2. The summed E-state index contributed by atoms with van der Waals surface area (Å²) in [6.45, 7) is 4.32. The molecule has 0 saturated carbocycles. The lowest BCUT2D eigenvalue weighted by Gasteiger charge is -2.09. The van der Waals surface area contributed by atoms with Crippen molar-refractivity contribution in [3.8, 4) is 0 Å². The Morgan fingerprint density at radius 1 is 1.37 bits per heavy atom. The molecule has 1 N–H and O–H groups in total. The number of rotatable bonds is 9. The molecule has 0 bridgehead atoms. The van der Waals surface area contributed by atoms with Gasteiger partial charge in [0.1, 0.15) is 17.7 Å². The predicted octanol–water partition coefficient (Wildman–Crippen LogP) is 1.88. The molecule has 0 fully saturated rings. The van der Waals surface area contributed by atoms with Crippen molar-refractivity contribution in [2.24, 2.45) is 0 Å². The Labute approximate surface area is 113 Å². The largest absolute Gasteiger partial charge is 0.465 e.